The highest BCUT2D eigenvalue weighted by Gasteiger charge is 2.30. The smallest absolute Gasteiger partial charge is 0.202 e. The standard InChI is InChI=1S/C39H48N8O3/c1-3-49-24-18-29-13-10-14-33-37(29)43-39(41-33)42-36-15-8-9-20-46(36)34-26-31(47-23-19-40-44-47)25-32(38(34)50-4-2)35(48)17-22-45-21-16-30(27-45)28-11-6-5-7-12-28/h5-7,10-14,19,23,25-26,30,36H,3-4,8-9,15-18,20-22,24,27H2,1-2H3,(H2,41,42,43). The summed E-state index contributed by atoms with van der Waals surface area (Å²) in [5.41, 5.74) is 6.72. The van der Waals surface area contributed by atoms with Gasteiger partial charge in [-0.1, -0.05) is 47.7 Å². The molecule has 7 rings (SSSR count). The lowest BCUT2D eigenvalue weighted by molar-refractivity contribution is 0.0965. The van der Waals surface area contributed by atoms with Crippen LogP contribution in [0, 0.1) is 0 Å². The first kappa shape index (κ1) is 33.7. The Kier molecular flexibility index (Phi) is 10.7. The largest absolute Gasteiger partial charge is 0.491 e. The van der Waals surface area contributed by atoms with Crippen LogP contribution in [0.3, 0.4) is 0 Å². The fraction of sp³-hybridized carbons (Fsp3) is 0.436. The number of H-pyrrole nitrogens is 1. The molecule has 11 heteroatoms. The zero-order valence-corrected chi connectivity index (χ0v) is 29.2. The zero-order valence-electron chi connectivity index (χ0n) is 29.2. The number of carbonyl (C=O) groups excluding carboxylic acids is 1. The van der Waals surface area contributed by atoms with Gasteiger partial charge in [0, 0.05) is 32.7 Å². The van der Waals surface area contributed by atoms with Crippen molar-refractivity contribution in [2.45, 2.75) is 64.5 Å². The van der Waals surface area contributed by atoms with Gasteiger partial charge in [-0.25, -0.2) is 9.67 Å². The summed E-state index contributed by atoms with van der Waals surface area (Å²) in [6.07, 6.45) is 8.74. The highest BCUT2D eigenvalue weighted by Crippen LogP contribution is 2.39. The molecule has 0 bridgehead atoms. The number of ether oxygens (including phenoxy) is 2. The van der Waals surface area contributed by atoms with Crippen LogP contribution in [0.4, 0.5) is 11.6 Å². The minimum atomic E-state index is -0.0659. The third kappa shape index (κ3) is 7.53. The van der Waals surface area contributed by atoms with Crippen molar-refractivity contribution in [2.24, 2.45) is 0 Å². The van der Waals surface area contributed by atoms with E-state index >= 15 is 0 Å². The van der Waals surface area contributed by atoms with Crippen LogP contribution in [0.1, 0.15) is 73.4 Å². The monoisotopic (exact) mass is 676 g/mol. The van der Waals surface area contributed by atoms with Gasteiger partial charge in [-0.2, -0.15) is 0 Å². The Morgan fingerprint density at radius 2 is 1.92 bits per heavy atom. The van der Waals surface area contributed by atoms with Crippen LogP contribution >= 0.6 is 0 Å². The average Bonchev–Trinajstić information content (AvgIpc) is 3.94. The molecule has 2 saturated heterocycles. The quantitative estimate of drug-likeness (QED) is 0.0934. The Morgan fingerprint density at radius 1 is 1.02 bits per heavy atom. The highest BCUT2D eigenvalue weighted by atomic mass is 16.5. The summed E-state index contributed by atoms with van der Waals surface area (Å²) < 4.78 is 13.7. The van der Waals surface area contributed by atoms with Crippen molar-refractivity contribution in [2.75, 3.05) is 56.2 Å². The van der Waals surface area contributed by atoms with Crippen LogP contribution in [0.2, 0.25) is 0 Å². The first-order valence-electron chi connectivity index (χ1n) is 18.2. The van der Waals surface area contributed by atoms with E-state index in [1.807, 2.05) is 26.1 Å². The van der Waals surface area contributed by atoms with Crippen LogP contribution in [0.15, 0.2) is 73.1 Å². The van der Waals surface area contributed by atoms with Crippen molar-refractivity contribution in [3.05, 3.63) is 89.7 Å². The van der Waals surface area contributed by atoms with E-state index in [4.69, 9.17) is 14.5 Å². The topological polar surface area (TPSA) is 113 Å². The summed E-state index contributed by atoms with van der Waals surface area (Å²) in [5, 5.41) is 12.1. The molecule has 0 amide bonds. The predicted octanol–water partition coefficient (Wildman–Crippen LogP) is 6.61. The van der Waals surface area contributed by atoms with Crippen LogP contribution in [0.25, 0.3) is 16.7 Å². The second-order valence-electron chi connectivity index (χ2n) is 13.2. The SMILES string of the molecule is CCOCCc1cccc2[nH]c(NC3CCCCN3c3cc(-n4ccnn4)cc(C(=O)CCN4CCC(c5ccccc5)C4)c3OCC)nc12. The fourth-order valence-electron chi connectivity index (χ4n) is 7.44. The van der Waals surface area contributed by atoms with E-state index in [2.05, 4.69) is 85.0 Å². The number of piperidine rings is 1. The number of imidazole rings is 1. The number of hydrogen-bond acceptors (Lipinski definition) is 9. The normalized spacial score (nSPS) is 18.2. The van der Waals surface area contributed by atoms with Gasteiger partial charge in [0.2, 0.25) is 5.95 Å². The maximum Gasteiger partial charge on any atom is 0.202 e. The number of fused-ring (bicyclic) bond motifs is 1. The number of nitrogens with zero attached hydrogens (tertiary/aromatic N) is 6. The first-order chi connectivity index (χ1) is 24.6. The van der Waals surface area contributed by atoms with Crippen LogP contribution < -0.4 is 15.0 Å². The number of anilines is 2. The Bertz CT molecular complexity index is 1860. The van der Waals surface area contributed by atoms with Crippen LogP contribution in [0.5, 0.6) is 5.75 Å². The van der Waals surface area contributed by atoms with Gasteiger partial charge in [-0.05, 0) is 87.7 Å². The minimum Gasteiger partial charge on any atom is -0.491 e. The third-order valence-electron chi connectivity index (χ3n) is 9.96. The van der Waals surface area contributed by atoms with Gasteiger partial charge in [0.15, 0.2) is 11.5 Å². The summed E-state index contributed by atoms with van der Waals surface area (Å²) >= 11 is 0. The van der Waals surface area contributed by atoms with Gasteiger partial charge in [0.25, 0.3) is 0 Å². The molecule has 4 heterocycles. The summed E-state index contributed by atoms with van der Waals surface area (Å²) in [6.45, 7) is 9.27. The summed E-state index contributed by atoms with van der Waals surface area (Å²) in [6, 6.07) is 20.9. The van der Waals surface area contributed by atoms with E-state index in [-0.39, 0.29) is 11.9 Å². The average molecular weight is 677 g/mol. The number of ketones is 1. The molecule has 3 aromatic carbocycles. The Morgan fingerprint density at radius 3 is 2.74 bits per heavy atom. The molecule has 2 fully saturated rings. The van der Waals surface area contributed by atoms with E-state index in [1.165, 1.54) is 5.56 Å². The first-order valence-corrected chi connectivity index (χ1v) is 18.2. The van der Waals surface area contributed by atoms with E-state index in [0.29, 0.717) is 50.0 Å². The van der Waals surface area contributed by atoms with Gasteiger partial charge < -0.3 is 29.6 Å². The minimum absolute atomic E-state index is 0.0659. The lowest BCUT2D eigenvalue weighted by Crippen LogP contribution is -2.45. The summed E-state index contributed by atoms with van der Waals surface area (Å²) in [5.74, 6) is 1.92. The molecule has 0 spiro atoms. The molecular weight excluding hydrogens is 628 g/mol. The number of Topliss-reactive ketones (excluding diaryl/α,β-unsaturated/α-hetero) is 1. The Hall–Kier alpha value is -4.74. The van der Waals surface area contributed by atoms with E-state index in [9.17, 15) is 4.79 Å². The number of benzene rings is 3. The number of likely N-dealkylation sites (tertiary alicyclic amines) is 1. The second-order valence-corrected chi connectivity index (χ2v) is 13.2. The maximum atomic E-state index is 14.2. The molecule has 2 unspecified atom stereocenters. The van der Waals surface area contributed by atoms with Crippen molar-refractivity contribution in [1.29, 1.82) is 0 Å². The van der Waals surface area contributed by atoms with Crippen LogP contribution in [-0.2, 0) is 11.2 Å². The Balaban J connectivity index is 1.16. The van der Waals surface area contributed by atoms with Gasteiger partial charge in [0.1, 0.15) is 6.17 Å². The van der Waals surface area contributed by atoms with Gasteiger partial charge in [0.05, 0.1) is 53.6 Å². The van der Waals surface area contributed by atoms with Gasteiger partial charge in [-0.3, -0.25) is 4.79 Å². The van der Waals surface area contributed by atoms with Gasteiger partial charge in [-0.15, -0.1) is 5.10 Å². The molecule has 2 N–H and O–H groups in total. The lowest BCUT2D eigenvalue weighted by Gasteiger charge is -2.39. The summed E-state index contributed by atoms with van der Waals surface area (Å²) in [7, 11) is 0. The number of aromatic amines is 1. The molecule has 2 atom stereocenters. The highest BCUT2D eigenvalue weighted by molar-refractivity contribution is 6.01. The number of carbonyl (C=O) groups is 1. The number of hydrogen-bond donors (Lipinski definition) is 2. The number of aromatic nitrogens is 5. The maximum absolute atomic E-state index is 14.2. The number of para-hydroxylation sites is 1. The van der Waals surface area contributed by atoms with E-state index in [0.717, 1.165) is 85.7 Å². The number of nitrogens with one attached hydrogen (secondary N) is 2. The van der Waals surface area contributed by atoms with Crippen molar-refractivity contribution >= 4 is 28.5 Å². The van der Waals surface area contributed by atoms with Crippen molar-refractivity contribution in [3.8, 4) is 11.4 Å². The van der Waals surface area contributed by atoms with Crippen molar-refractivity contribution in [1.82, 2.24) is 29.9 Å². The van der Waals surface area contributed by atoms with E-state index < -0.39 is 0 Å². The molecule has 11 nitrogen and oxygen atoms in total. The number of rotatable bonds is 15. The van der Waals surface area contributed by atoms with Crippen molar-refractivity contribution in [3.63, 3.8) is 0 Å². The fourth-order valence-corrected chi connectivity index (χ4v) is 7.44. The molecule has 5 aromatic rings. The zero-order chi connectivity index (χ0) is 34.3. The molecule has 0 radical (unpaired) electrons. The molecule has 0 saturated carbocycles. The molecule has 50 heavy (non-hydrogen) atoms. The molecular formula is C39H48N8O3. The van der Waals surface area contributed by atoms with Crippen LogP contribution in [-0.4, -0.2) is 87.8 Å². The molecule has 0 aliphatic carbocycles. The molecule has 2 aliphatic heterocycles. The summed E-state index contributed by atoms with van der Waals surface area (Å²) in [4.78, 5) is 27.4. The van der Waals surface area contributed by atoms with Crippen molar-refractivity contribution < 1.29 is 14.3 Å². The molecule has 2 aliphatic rings. The molecule has 2 aromatic heterocycles. The third-order valence-corrected chi connectivity index (χ3v) is 9.96. The lowest BCUT2D eigenvalue weighted by atomic mass is 9.99. The van der Waals surface area contributed by atoms with Gasteiger partial charge >= 0.3 is 0 Å². The predicted molar refractivity (Wildman–Crippen MR) is 197 cm³/mol. The Labute approximate surface area is 294 Å². The van der Waals surface area contributed by atoms with E-state index in [1.54, 1.807) is 10.9 Å². The molecule has 262 valence electrons. The second kappa shape index (κ2) is 15.9.